The molecular weight excluding hydrogens is 605 g/mol. The Bertz CT molecular complexity index is 1750. The van der Waals surface area contributed by atoms with Gasteiger partial charge in [-0.2, -0.15) is 23.0 Å². The number of halogens is 3. The molecule has 4 aromatic rings. The van der Waals surface area contributed by atoms with Crippen molar-refractivity contribution >= 4 is 17.5 Å². The topological polar surface area (TPSA) is 128 Å². The number of rotatable bonds is 10. The van der Waals surface area contributed by atoms with Crippen LogP contribution in [0.25, 0.3) is 5.69 Å². The van der Waals surface area contributed by atoms with Crippen LogP contribution in [-0.2, 0) is 10.9 Å². The van der Waals surface area contributed by atoms with Crippen LogP contribution in [0.5, 0.6) is 11.5 Å². The SMILES string of the molecule is Cc1cc(=O)n(-c2cccc(C(F)(F)F)c2)nc1C(=O)Nc1ccc(Oc2ccnc(C(=O)NCCCN3CCOCC3)c2)cc1. The van der Waals surface area contributed by atoms with Crippen molar-refractivity contribution in [1.82, 2.24) is 25.0 Å². The first-order valence-electron chi connectivity index (χ1n) is 14.5. The van der Waals surface area contributed by atoms with Crippen molar-refractivity contribution < 1.29 is 32.2 Å². The Morgan fingerprint density at radius 1 is 0.978 bits per heavy atom. The smallest absolute Gasteiger partial charge is 0.416 e. The number of nitrogens with zero attached hydrogens (tertiary/aromatic N) is 4. The first kappa shape index (κ1) is 32.3. The van der Waals surface area contributed by atoms with Crippen molar-refractivity contribution in [2.24, 2.45) is 0 Å². The monoisotopic (exact) mass is 636 g/mol. The van der Waals surface area contributed by atoms with E-state index in [2.05, 4.69) is 25.6 Å². The summed E-state index contributed by atoms with van der Waals surface area (Å²) in [7, 11) is 0. The summed E-state index contributed by atoms with van der Waals surface area (Å²) in [6.45, 7) is 6.13. The van der Waals surface area contributed by atoms with Crippen LogP contribution in [0.2, 0.25) is 0 Å². The molecule has 1 aliphatic heterocycles. The van der Waals surface area contributed by atoms with Crippen LogP contribution in [0, 0.1) is 6.92 Å². The number of carbonyl (C=O) groups is 2. The first-order chi connectivity index (χ1) is 22.1. The Labute approximate surface area is 262 Å². The number of hydrogen-bond acceptors (Lipinski definition) is 8. The Morgan fingerprint density at radius 2 is 1.74 bits per heavy atom. The van der Waals surface area contributed by atoms with Crippen molar-refractivity contribution in [3.05, 3.63) is 106 Å². The predicted molar refractivity (Wildman–Crippen MR) is 162 cm³/mol. The van der Waals surface area contributed by atoms with E-state index < -0.39 is 23.2 Å². The molecule has 1 fully saturated rings. The van der Waals surface area contributed by atoms with E-state index >= 15 is 0 Å². The molecule has 0 atom stereocenters. The summed E-state index contributed by atoms with van der Waals surface area (Å²) < 4.78 is 51.6. The summed E-state index contributed by atoms with van der Waals surface area (Å²) in [6.07, 6.45) is -2.33. The lowest BCUT2D eigenvalue weighted by molar-refractivity contribution is -0.137. The van der Waals surface area contributed by atoms with Gasteiger partial charge in [-0.05, 0) is 74.0 Å². The minimum Gasteiger partial charge on any atom is -0.457 e. The molecule has 46 heavy (non-hydrogen) atoms. The normalized spacial score (nSPS) is 13.7. The van der Waals surface area contributed by atoms with Crippen LogP contribution in [-0.4, -0.2) is 70.9 Å². The van der Waals surface area contributed by atoms with E-state index in [1.807, 2.05) is 0 Å². The van der Waals surface area contributed by atoms with Gasteiger partial charge in [0, 0.05) is 43.7 Å². The third kappa shape index (κ3) is 8.34. The zero-order valence-corrected chi connectivity index (χ0v) is 24.8. The lowest BCUT2D eigenvalue weighted by Gasteiger charge is -2.26. The number of alkyl halides is 3. The van der Waals surface area contributed by atoms with Gasteiger partial charge in [0.05, 0.1) is 24.5 Å². The third-order valence-corrected chi connectivity index (χ3v) is 7.11. The number of anilines is 1. The molecule has 2 aromatic carbocycles. The van der Waals surface area contributed by atoms with E-state index in [0.717, 1.165) is 68.2 Å². The van der Waals surface area contributed by atoms with Crippen LogP contribution in [0.3, 0.4) is 0 Å². The third-order valence-electron chi connectivity index (χ3n) is 7.11. The number of amides is 2. The Hall–Kier alpha value is -5.08. The lowest BCUT2D eigenvalue weighted by Crippen LogP contribution is -2.38. The molecule has 0 aliphatic carbocycles. The number of morpholine rings is 1. The summed E-state index contributed by atoms with van der Waals surface area (Å²) in [6, 6.07) is 14.8. The van der Waals surface area contributed by atoms with E-state index in [1.54, 1.807) is 30.3 Å². The van der Waals surface area contributed by atoms with Gasteiger partial charge in [0.2, 0.25) is 0 Å². The molecule has 240 valence electrons. The maximum atomic E-state index is 13.2. The zero-order chi connectivity index (χ0) is 32.7. The molecule has 1 aliphatic rings. The van der Waals surface area contributed by atoms with Crippen molar-refractivity contribution in [2.75, 3.05) is 44.7 Å². The minimum atomic E-state index is -4.61. The predicted octanol–water partition coefficient (Wildman–Crippen LogP) is 4.45. The number of nitrogens with one attached hydrogen (secondary N) is 2. The molecule has 0 bridgehead atoms. The molecule has 14 heteroatoms. The maximum Gasteiger partial charge on any atom is 0.416 e. The fraction of sp³-hybridized carbons (Fsp3) is 0.281. The Kier molecular flexibility index (Phi) is 10.1. The average Bonchev–Trinajstić information content (AvgIpc) is 3.04. The molecule has 0 spiro atoms. The number of benzene rings is 2. The second kappa shape index (κ2) is 14.3. The van der Waals surface area contributed by atoms with Gasteiger partial charge >= 0.3 is 6.18 Å². The molecule has 2 N–H and O–H groups in total. The van der Waals surface area contributed by atoms with E-state index in [-0.39, 0.29) is 28.5 Å². The number of hydrogen-bond donors (Lipinski definition) is 2. The van der Waals surface area contributed by atoms with Crippen LogP contribution in [0.15, 0.2) is 77.7 Å². The van der Waals surface area contributed by atoms with Gasteiger partial charge in [-0.25, -0.2) is 0 Å². The molecule has 2 amide bonds. The highest BCUT2D eigenvalue weighted by Gasteiger charge is 2.30. The van der Waals surface area contributed by atoms with E-state index in [4.69, 9.17) is 9.47 Å². The van der Waals surface area contributed by atoms with Gasteiger partial charge in [-0.1, -0.05) is 6.07 Å². The summed E-state index contributed by atoms with van der Waals surface area (Å²) in [5.74, 6) is -0.161. The van der Waals surface area contributed by atoms with E-state index in [9.17, 15) is 27.6 Å². The number of ether oxygens (including phenoxy) is 2. The summed E-state index contributed by atoms with van der Waals surface area (Å²) in [5, 5.41) is 9.60. The highest BCUT2D eigenvalue weighted by atomic mass is 19.4. The fourth-order valence-corrected chi connectivity index (χ4v) is 4.72. The highest BCUT2D eigenvalue weighted by Crippen LogP contribution is 2.30. The van der Waals surface area contributed by atoms with Crippen molar-refractivity contribution in [3.63, 3.8) is 0 Å². The average molecular weight is 637 g/mol. The van der Waals surface area contributed by atoms with Crippen LogP contribution >= 0.6 is 0 Å². The van der Waals surface area contributed by atoms with Crippen LogP contribution in [0.4, 0.5) is 18.9 Å². The molecule has 5 rings (SSSR count). The second-order valence-electron chi connectivity index (χ2n) is 10.5. The minimum absolute atomic E-state index is 0.129. The summed E-state index contributed by atoms with van der Waals surface area (Å²) in [4.78, 5) is 44.6. The van der Waals surface area contributed by atoms with Gasteiger partial charge in [0.15, 0.2) is 5.69 Å². The van der Waals surface area contributed by atoms with Gasteiger partial charge in [-0.3, -0.25) is 24.3 Å². The molecule has 11 nitrogen and oxygen atoms in total. The number of carbonyl (C=O) groups excluding carboxylic acids is 2. The highest BCUT2D eigenvalue weighted by molar-refractivity contribution is 6.03. The number of aryl methyl sites for hydroxylation is 1. The summed E-state index contributed by atoms with van der Waals surface area (Å²) in [5.41, 5.74) is -1.06. The zero-order valence-electron chi connectivity index (χ0n) is 24.8. The maximum absolute atomic E-state index is 13.2. The Morgan fingerprint density at radius 3 is 2.48 bits per heavy atom. The Balaban J connectivity index is 1.19. The molecule has 0 unspecified atom stereocenters. The number of pyridine rings is 1. The molecule has 0 saturated carbocycles. The van der Waals surface area contributed by atoms with Gasteiger partial charge < -0.3 is 20.1 Å². The molecule has 0 radical (unpaired) electrons. The van der Waals surface area contributed by atoms with E-state index in [0.29, 0.717) is 23.7 Å². The fourth-order valence-electron chi connectivity index (χ4n) is 4.72. The van der Waals surface area contributed by atoms with Crippen molar-refractivity contribution in [1.29, 1.82) is 0 Å². The van der Waals surface area contributed by atoms with Gasteiger partial charge in [0.25, 0.3) is 17.4 Å². The second-order valence-corrected chi connectivity index (χ2v) is 10.5. The molecule has 1 saturated heterocycles. The lowest BCUT2D eigenvalue weighted by atomic mass is 10.2. The van der Waals surface area contributed by atoms with Gasteiger partial charge in [-0.15, -0.1) is 0 Å². The number of aromatic nitrogens is 3. The van der Waals surface area contributed by atoms with Crippen LogP contribution < -0.4 is 20.9 Å². The standard InChI is InChI=1S/C32H31F3N6O5/c1-21-18-28(42)41(24-5-2-4-22(19-24)32(33,34)35)39-29(21)31(44)38-23-6-8-25(9-7-23)46-26-10-12-36-27(20-26)30(43)37-11-3-13-40-14-16-45-17-15-40/h2,4-10,12,18-20H,3,11,13-17H2,1H3,(H,37,43)(H,38,44). The van der Waals surface area contributed by atoms with E-state index in [1.165, 1.54) is 25.3 Å². The summed E-state index contributed by atoms with van der Waals surface area (Å²) >= 11 is 0. The van der Waals surface area contributed by atoms with Crippen molar-refractivity contribution in [2.45, 2.75) is 19.5 Å². The molecule has 2 aromatic heterocycles. The first-order valence-corrected chi connectivity index (χ1v) is 14.5. The quantitative estimate of drug-likeness (QED) is 0.245. The van der Waals surface area contributed by atoms with Crippen LogP contribution in [0.1, 0.15) is 38.5 Å². The van der Waals surface area contributed by atoms with Gasteiger partial charge in [0.1, 0.15) is 17.2 Å². The molecular formula is C32H31F3N6O5. The molecule has 3 heterocycles. The largest absolute Gasteiger partial charge is 0.457 e. The van der Waals surface area contributed by atoms with Crippen molar-refractivity contribution in [3.8, 4) is 17.2 Å².